The molecular formula is C16H9F3N2O3S. The van der Waals surface area contributed by atoms with Gasteiger partial charge in [0.25, 0.3) is 0 Å². The monoisotopic (exact) mass is 366 g/mol. The molecule has 0 amide bonds. The predicted molar refractivity (Wildman–Crippen MR) is 82.6 cm³/mol. The first-order valence-electron chi connectivity index (χ1n) is 6.83. The van der Waals surface area contributed by atoms with Crippen LogP contribution in [0.3, 0.4) is 0 Å². The van der Waals surface area contributed by atoms with E-state index in [9.17, 15) is 21.6 Å². The van der Waals surface area contributed by atoms with E-state index in [-0.39, 0.29) is 4.90 Å². The van der Waals surface area contributed by atoms with Gasteiger partial charge in [0, 0.05) is 11.9 Å². The van der Waals surface area contributed by atoms with Crippen LogP contribution in [0.2, 0.25) is 0 Å². The second-order valence-electron chi connectivity index (χ2n) is 4.99. The summed E-state index contributed by atoms with van der Waals surface area (Å²) < 4.78 is 65.2. The molecule has 1 aliphatic heterocycles. The lowest BCUT2D eigenvalue weighted by atomic mass is 10.2. The number of allylic oxidation sites excluding steroid dienone is 1. The molecule has 3 rings (SSSR count). The van der Waals surface area contributed by atoms with Crippen LogP contribution in [0.4, 0.5) is 24.5 Å². The number of rotatable bonds is 2. The maximum Gasteiger partial charge on any atom is 0.573 e. The summed E-state index contributed by atoms with van der Waals surface area (Å²) in [4.78, 5) is 0.915. The van der Waals surface area contributed by atoms with Crippen LogP contribution in [0.25, 0.3) is 0 Å². The number of para-hydroxylation sites is 1. The molecule has 0 atom stereocenters. The zero-order valence-corrected chi connectivity index (χ0v) is 13.2. The summed E-state index contributed by atoms with van der Waals surface area (Å²) in [5.41, 5.74) is 0.676. The first kappa shape index (κ1) is 16.9. The van der Waals surface area contributed by atoms with Crippen LogP contribution in [0.1, 0.15) is 0 Å². The van der Waals surface area contributed by atoms with Gasteiger partial charge in [0.1, 0.15) is 11.8 Å². The second kappa shape index (κ2) is 5.82. The van der Waals surface area contributed by atoms with Crippen molar-refractivity contribution < 1.29 is 26.3 Å². The number of alkyl halides is 3. The number of hydrogen-bond donors (Lipinski definition) is 0. The third-order valence-corrected chi connectivity index (χ3v) is 5.11. The molecule has 1 aliphatic rings. The van der Waals surface area contributed by atoms with Crippen molar-refractivity contribution >= 4 is 21.2 Å². The highest BCUT2D eigenvalue weighted by Gasteiger charge is 2.33. The molecule has 25 heavy (non-hydrogen) atoms. The van der Waals surface area contributed by atoms with Crippen LogP contribution in [-0.4, -0.2) is 14.8 Å². The molecule has 0 fully saturated rings. The fourth-order valence-electron chi connectivity index (χ4n) is 2.37. The summed E-state index contributed by atoms with van der Waals surface area (Å²) in [5, 5.41) is 9.12. The molecule has 0 bridgehead atoms. The van der Waals surface area contributed by atoms with Crippen LogP contribution in [0, 0.1) is 11.3 Å². The summed E-state index contributed by atoms with van der Waals surface area (Å²) in [6.45, 7) is 0. The summed E-state index contributed by atoms with van der Waals surface area (Å²) in [7, 11) is -3.92. The summed E-state index contributed by atoms with van der Waals surface area (Å²) in [6, 6.07) is 12.6. The van der Waals surface area contributed by atoms with Crippen molar-refractivity contribution in [3.8, 4) is 11.8 Å². The van der Waals surface area contributed by atoms with E-state index in [4.69, 9.17) is 5.26 Å². The Morgan fingerprint density at radius 1 is 1.04 bits per heavy atom. The highest BCUT2D eigenvalue weighted by molar-refractivity contribution is 7.95. The third-order valence-electron chi connectivity index (χ3n) is 3.41. The van der Waals surface area contributed by atoms with Crippen molar-refractivity contribution in [3.05, 3.63) is 59.6 Å². The quantitative estimate of drug-likeness (QED) is 0.807. The molecule has 0 unspecified atom stereocenters. The Labute approximate surface area is 141 Å². The van der Waals surface area contributed by atoms with Gasteiger partial charge in [-0.2, -0.15) is 5.26 Å². The minimum atomic E-state index is -4.80. The summed E-state index contributed by atoms with van der Waals surface area (Å²) in [6.07, 6.45) is -3.67. The van der Waals surface area contributed by atoms with Crippen molar-refractivity contribution in [1.82, 2.24) is 0 Å². The Morgan fingerprint density at radius 2 is 1.68 bits per heavy atom. The van der Waals surface area contributed by atoms with E-state index < -0.39 is 26.9 Å². The maximum atomic E-state index is 12.4. The molecule has 2 aromatic rings. The smallest absolute Gasteiger partial charge is 0.406 e. The first-order valence-corrected chi connectivity index (χ1v) is 8.32. The van der Waals surface area contributed by atoms with Crippen molar-refractivity contribution in [2.45, 2.75) is 11.3 Å². The molecular weight excluding hydrogens is 357 g/mol. The highest BCUT2D eigenvalue weighted by atomic mass is 32.2. The maximum absolute atomic E-state index is 12.4. The van der Waals surface area contributed by atoms with Crippen LogP contribution in [0.5, 0.6) is 5.75 Å². The molecule has 9 heteroatoms. The lowest BCUT2D eigenvalue weighted by molar-refractivity contribution is -0.274. The van der Waals surface area contributed by atoms with Gasteiger partial charge in [-0.3, -0.25) is 0 Å². The first-order chi connectivity index (χ1) is 11.7. The Balaban J connectivity index is 2.07. The average molecular weight is 366 g/mol. The number of nitriles is 1. The molecule has 5 nitrogen and oxygen atoms in total. The van der Waals surface area contributed by atoms with Crippen LogP contribution < -0.4 is 9.64 Å². The molecule has 0 saturated heterocycles. The number of fused-ring (bicyclic) bond motifs is 1. The molecule has 0 saturated carbocycles. The van der Waals surface area contributed by atoms with E-state index in [1.54, 1.807) is 12.1 Å². The van der Waals surface area contributed by atoms with Crippen molar-refractivity contribution in [1.29, 1.82) is 5.26 Å². The molecule has 0 aliphatic carbocycles. The fourth-order valence-corrected chi connectivity index (χ4v) is 3.67. The number of ether oxygens (including phenoxy) is 1. The van der Waals surface area contributed by atoms with E-state index in [1.807, 2.05) is 0 Å². The zero-order valence-electron chi connectivity index (χ0n) is 12.4. The minimum absolute atomic E-state index is 0.0512. The van der Waals surface area contributed by atoms with Gasteiger partial charge in [-0.15, -0.1) is 13.2 Å². The van der Waals surface area contributed by atoms with Gasteiger partial charge < -0.3 is 9.64 Å². The average Bonchev–Trinajstić information content (AvgIpc) is 2.55. The zero-order chi connectivity index (χ0) is 18.2. The number of nitrogens with zero attached hydrogens (tertiary/aromatic N) is 2. The number of benzene rings is 2. The molecule has 0 aromatic heterocycles. The number of anilines is 2. The van der Waals surface area contributed by atoms with Gasteiger partial charge in [-0.25, -0.2) is 8.42 Å². The SMILES string of the molecule is N#CC1=CN(c2ccc(OC(F)(F)F)cc2)c2ccccc2S1(=O)=O. The van der Waals surface area contributed by atoms with Gasteiger partial charge in [0.15, 0.2) is 4.91 Å². The van der Waals surface area contributed by atoms with Crippen LogP contribution >= 0.6 is 0 Å². The van der Waals surface area contributed by atoms with E-state index in [0.29, 0.717) is 11.4 Å². The number of hydrogen-bond acceptors (Lipinski definition) is 5. The van der Waals surface area contributed by atoms with Gasteiger partial charge in [-0.05, 0) is 36.4 Å². The van der Waals surface area contributed by atoms with Gasteiger partial charge in [-0.1, -0.05) is 12.1 Å². The summed E-state index contributed by atoms with van der Waals surface area (Å²) >= 11 is 0. The molecule has 128 valence electrons. The van der Waals surface area contributed by atoms with E-state index in [2.05, 4.69) is 4.74 Å². The van der Waals surface area contributed by atoms with Crippen LogP contribution in [0.15, 0.2) is 64.5 Å². The van der Waals surface area contributed by atoms with Crippen molar-refractivity contribution in [2.24, 2.45) is 0 Å². The van der Waals surface area contributed by atoms with E-state index in [0.717, 1.165) is 18.3 Å². The Kier molecular flexibility index (Phi) is 3.93. The topological polar surface area (TPSA) is 70.4 Å². The van der Waals surface area contributed by atoms with Crippen molar-refractivity contribution in [3.63, 3.8) is 0 Å². The lowest BCUT2D eigenvalue weighted by Crippen LogP contribution is -2.21. The third kappa shape index (κ3) is 3.16. The number of halogens is 3. The summed E-state index contributed by atoms with van der Waals surface area (Å²) in [5.74, 6) is -0.404. The predicted octanol–water partition coefficient (Wildman–Crippen LogP) is 3.88. The highest BCUT2D eigenvalue weighted by Crippen LogP contribution is 2.39. The fraction of sp³-hybridized carbons (Fsp3) is 0.0625. The molecule has 1 heterocycles. The second-order valence-corrected chi connectivity index (χ2v) is 6.87. The number of sulfone groups is 1. The molecule has 0 spiro atoms. The van der Waals surface area contributed by atoms with Gasteiger partial charge in [0.2, 0.25) is 9.84 Å². The Morgan fingerprint density at radius 3 is 2.28 bits per heavy atom. The Hall–Kier alpha value is -2.99. The van der Waals surface area contributed by atoms with Crippen LogP contribution in [-0.2, 0) is 9.84 Å². The molecule has 2 aromatic carbocycles. The molecule has 0 N–H and O–H groups in total. The Bertz CT molecular complexity index is 991. The van der Waals surface area contributed by atoms with E-state index in [1.165, 1.54) is 35.2 Å². The van der Waals surface area contributed by atoms with Gasteiger partial charge >= 0.3 is 6.36 Å². The van der Waals surface area contributed by atoms with Gasteiger partial charge in [0.05, 0.1) is 10.6 Å². The lowest BCUT2D eigenvalue weighted by Gasteiger charge is -2.27. The van der Waals surface area contributed by atoms with Crippen molar-refractivity contribution in [2.75, 3.05) is 4.90 Å². The largest absolute Gasteiger partial charge is 0.573 e. The minimum Gasteiger partial charge on any atom is -0.406 e. The normalized spacial score (nSPS) is 15.8. The van der Waals surface area contributed by atoms with E-state index >= 15 is 0 Å². The standard InChI is InChI=1S/C16H9F3N2O3S/c17-16(18,19)24-12-7-5-11(6-8-12)21-10-13(9-20)25(22,23)15-4-2-1-3-14(15)21/h1-8,10H. The molecule has 0 radical (unpaired) electrons.